The van der Waals surface area contributed by atoms with E-state index in [0.29, 0.717) is 12.8 Å². The van der Waals surface area contributed by atoms with Crippen molar-refractivity contribution in [2.75, 3.05) is 0 Å². The fourth-order valence-corrected chi connectivity index (χ4v) is 11.7. The van der Waals surface area contributed by atoms with Gasteiger partial charge in [0.2, 0.25) is 0 Å². The van der Waals surface area contributed by atoms with Crippen LogP contribution < -0.4 is 0 Å². The average molecular weight is 595 g/mol. The number of aliphatic carboxylic acids is 1. The molecular weight excluding hydrogens is 543 g/mol. The van der Waals surface area contributed by atoms with Crippen molar-refractivity contribution in [2.24, 2.45) is 50.2 Å². The molecule has 0 unspecified atom stereocenters. The van der Waals surface area contributed by atoms with E-state index < -0.39 is 40.8 Å². The van der Waals surface area contributed by atoms with E-state index in [4.69, 9.17) is 4.74 Å². The third-order valence-electron chi connectivity index (χ3n) is 14.3. The number of fused-ring (bicyclic) bond motifs is 7. The Bertz CT molecular complexity index is 1360. The molecular formula is C37H51FO5. The first kappa shape index (κ1) is 30.8. The van der Waals surface area contributed by atoms with E-state index in [-0.39, 0.29) is 45.0 Å². The van der Waals surface area contributed by atoms with Crippen molar-refractivity contribution in [2.45, 2.75) is 118 Å². The SMILES string of the molecule is CC1(C)CC[C@]2(C(=O)O)CC[C@]3(C)C(=CC[C@@H]4[C@@]5(C)C[C@@H](OC(=O)c6ccccc6F)[C@H](O)C(C)(C)[C@@H]5CC[C@]43C)[C@@H]2C1. The zero-order valence-corrected chi connectivity index (χ0v) is 27.1. The molecule has 236 valence electrons. The van der Waals surface area contributed by atoms with Crippen LogP contribution in [0.25, 0.3) is 0 Å². The second-order valence-electron chi connectivity index (χ2n) is 17.1. The van der Waals surface area contributed by atoms with Crippen molar-refractivity contribution >= 4 is 11.9 Å². The number of hydrogen-bond acceptors (Lipinski definition) is 4. The minimum atomic E-state index is -0.855. The Morgan fingerprint density at radius 3 is 2.26 bits per heavy atom. The summed E-state index contributed by atoms with van der Waals surface area (Å²) >= 11 is 0. The number of allylic oxidation sites excluding steroid dienone is 2. The maximum Gasteiger partial charge on any atom is 0.341 e. The van der Waals surface area contributed by atoms with Crippen molar-refractivity contribution in [1.29, 1.82) is 0 Å². The molecule has 1 aromatic rings. The first-order chi connectivity index (χ1) is 19.9. The highest BCUT2D eigenvalue weighted by Gasteiger charge is 2.70. The van der Waals surface area contributed by atoms with Crippen LogP contribution in [-0.2, 0) is 9.53 Å². The molecule has 0 bridgehead atoms. The van der Waals surface area contributed by atoms with Crippen molar-refractivity contribution in [3.63, 3.8) is 0 Å². The van der Waals surface area contributed by atoms with Gasteiger partial charge in [-0.1, -0.05) is 72.2 Å². The Morgan fingerprint density at radius 1 is 0.907 bits per heavy atom. The molecule has 0 heterocycles. The zero-order valence-electron chi connectivity index (χ0n) is 27.1. The Kier molecular flexibility index (Phi) is 6.91. The lowest BCUT2D eigenvalue weighted by Crippen LogP contribution is -2.67. The molecule has 6 heteroatoms. The number of carboxylic acids is 1. The predicted octanol–water partition coefficient (Wildman–Crippen LogP) is 8.21. The van der Waals surface area contributed by atoms with Gasteiger partial charge in [-0.25, -0.2) is 9.18 Å². The molecule has 1 aromatic carbocycles. The van der Waals surface area contributed by atoms with E-state index in [1.807, 2.05) is 0 Å². The predicted molar refractivity (Wildman–Crippen MR) is 164 cm³/mol. The molecule has 0 aromatic heterocycles. The summed E-state index contributed by atoms with van der Waals surface area (Å²) in [6.45, 7) is 16.0. The van der Waals surface area contributed by atoms with Gasteiger partial charge in [-0.15, -0.1) is 0 Å². The number of esters is 1. The standard InChI is InChI=1S/C37H51FO5/c1-32(2)16-18-37(31(41)42)19-17-35(6)23(24(37)20-32)12-13-28-34(5)21-26(43-30(40)22-10-8-9-11-25(22)38)29(39)33(3,4)27(34)14-15-36(28,35)7/h8-12,24,26-29,39H,13-21H2,1-7H3,(H,41,42)/t24-,26+,27-,28+,29-,34-,35+,36+,37-/m0/s1. The number of rotatable bonds is 3. The molecule has 5 aliphatic rings. The molecule has 0 spiro atoms. The lowest BCUT2D eigenvalue weighted by molar-refractivity contribution is -0.231. The molecule has 0 amide bonds. The number of benzene rings is 1. The molecule has 2 N–H and O–H groups in total. The minimum Gasteiger partial charge on any atom is -0.481 e. The summed E-state index contributed by atoms with van der Waals surface area (Å²) < 4.78 is 20.5. The van der Waals surface area contributed by atoms with Gasteiger partial charge in [0, 0.05) is 0 Å². The first-order valence-electron chi connectivity index (χ1n) is 16.5. The maximum atomic E-state index is 14.5. The molecule has 4 fully saturated rings. The number of aliphatic hydroxyl groups excluding tert-OH is 1. The monoisotopic (exact) mass is 594 g/mol. The number of carbonyl (C=O) groups is 2. The van der Waals surface area contributed by atoms with Crippen LogP contribution in [0.4, 0.5) is 4.39 Å². The Morgan fingerprint density at radius 2 is 1.58 bits per heavy atom. The van der Waals surface area contributed by atoms with E-state index in [9.17, 15) is 24.2 Å². The van der Waals surface area contributed by atoms with Gasteiger partial charge < -0.3 is 14.9 Å². The molecule has 5 aliphatic carbocycles. The number of ether oxygens (including phenoxy) is 1. The Hall–Kier alpha value is -2.21. The summed E-state index contributed by atoms with van der Waals surface area (Å²) in [7, 11) is 0. The average Bonchev–Trinajstić information content (AvgIpc) is 2.91. The van der Waals surface area contributed by atoms with E-state index in [1.54, 1.807) is 12.1 Å². The molecule has 43 heavy (non-hydrogen) atoms. The van der Waals surface area contributed by atoms with E-state index in [1.165, 1.54) is 17.7 Å². The van der Waals surface area contributed by atoms with E-state index in [2.05, 4.69) is 54.5 Å². The van der Waals surface area contributed by atoms with Crippen molar-refractivity contribution in [3.05, 3.63) is 47.3 Å². The van der Waals surface area contributed by atoms with Crippen LogP contribution in [0.1, 0.15) is 117 Å². The summed E-state index contributed by atoms with van der Waals surface area (Å²) in [4.78, 5) is 26.1. The molecule has 4 saturated carbocycles. The second-order valence-corrected chi connectivity index (χ2v) is 17.1. The Labute approximate surface area is 256 Å². The number of hydrogen-bond donors (Lipinski definition) is 2. The van der Waals surface area contributed by atoms with Crippen molar-refractivity contribution in [1.82, 2.24) is 0 Å². The molecule has 9 atom stereocenters. The van der Waals surface area contributed by atoms with Gasteiger partial charge in [0.1, 0.15) is 11.9 Å². The van der Waals surface area contributed by atoms with Crippen molar-refractivity contribution < 1.29 is 28.9 Å². The van der Waals surface area contributed by atoms with Crippen LogP contribution >= 0.6 is 0 Å². The van der Waals surface area contributed by atoms with Crippen LogP contribution in [0.5, 0.6) is 0 Å². The zero-order chi connectivity index (χ0) is 31.4. The summed E-state index contributed by atoms with van der Waals surface area (Å²) in [5.74, 6) is -1.41. The summed E-state index contributed by atoms with van der Waals surface area (Å²) in [6.07, 6.45) is 8.40. The van der Waals surface area contributed by atoms with Gasteiger partial charge in [-0.05, 0) is 115 Å². The smallest absolute Gasteiger partial charge is 0.341 e. The van der Waals surface area contributed by atoms with Gasteiger partial charge in [-0.2, -0.15) is 0 Å². The highest BCUT2D eigenvalue weighted by atomic mass is 19.1. The van der Waals surface area contributed by atoms with Gasteiger partial charge in [0.05, 0.1) is 17.1 Å². The van der Waals surface area contributed by atoms with Gasteiger partial charge in [0.15, 0.2) is 0 Å². The largest absolute Gasteiger partial charge is 0.481 e. The maximum absolute atomic E-state index is 14.5. The summed E-state index contributed by atoms with van der Waals surface area (Å²) in [5, 5.41) is 22.3. The van der Waals surface area contributed by atoms with Crippen LogP contribution in [0.15, 0.2) is 35.9 Å². The van der Waals surface area contributed by atoms with E-state index in [0.717, 1.165) is 44.9 Å². The number of aliphatic hydroxyl groups is 1. The second kappa shape index (κ2) is 9.64. The fourth-order valence-electron chi connectivity index (χ4n) is 11.7. The van der Waals surface area contributed by atoms with Crippen LogP contribution in [0, 0.1) is 56.1 Å². The minimum absolute atomic E-state index is 0.0508. The molecule has 6 rings (SSSR count). The lowest BCUT2D eigenvalue weighted by atomic mass is 9.33. The Balaban J connectivity index is 1.38. The van der Waals surface area contributed by atoms with Crippen molar-refractivity contribution in [3.8, 4) is 0 Å². The highest BCUT2D eigenvalue weighted by molar-refractivity contribution is 5.89. The fraction of sp³-hybridized carbons (Fsp3) is 0.730. The lowest BCUT2D eigenvalue weighted by Gasteiger charge is -2.71. The van der Waals surface area contributed by atoms with Crippen LogP contribution in [0.3, 0.4) is 0 Å². The van der Waals surface area contributed by atoms with Crippen LogP contribution in [-0.4, -0.2) is 34.4 Å². The molecule has 0 aliphatic heterocycles. The van der Waals surface area contributed by atoms with Gasteiger partial charge in [0.25, 0.3) is 0 Å². The van der Waals surface area contributed by atoms with Crippen LogP contribution in [0.2, 0.25) is 0 Å². The number of halogens is 1. The quantitative estimate of drug-likeness (QED) is 0.272. The first-order valence-corrected chi connectivity index (χ1v) is 16.5. The molecule has 0 radical (unpaired) electrons. The number of carbonyl (C=O) groups excluding carboxylic acids is 1. The van der Waals surface area contributed by atoms with Gasteiger partial charge in [-0.3, -0.25) is 4.79 Å². The molecule has 5 nitrogen and oxygen atoms in total. The summed E-state index contributed by atoms with van der Waals surface area (Å²) in [5.41, 5.74) is -0.200. The third-order valence-corrected chi connectivity index (χ3v) is 14.3. The number of carboxylic acid groups (broad SMARTS) is 1. The summed E-state index contributed by atoms with van der Waals surface area (Å²) in [6, 6.07) is 5.85. The normalized spacial score (nSPS) is 44.5. The highest BCUT2D eigenvalue weighted by Crippen LogP contribution is 2.75. The van der Waals surface area contributed by atoms with E-state index >= 15 is 0 Å². The van der Waals surface area contributed by atoms with Gasteiger partial charge >= 0.3 is 11.9 Å². The molecule has 0 saturated heterocycles. The topological polar surface area (TPSA) is 83.8 Å². The third kappa shape index (κ3) is 4.17.